The first-order chi connectivity index (χ1) is 15.4. The summed E-state index contributed by atoms with van der Waals surface area (Å²) in [5.74, 6) is 0.846. The van der Waals surface area contributed by atoms with Crippen molar-refractivity contribution in [1.82, 2.24) is 24.9 Å². The number of nitrogens with zero attached hydrogens (tertiary/aromatic N) is 5. The van der Waals surface area contributed by atoms with E-state index >= 15 is 0 Å². The molecule has 0 atom stereocenters. The van der Waals surface area contributed by atoms with Gasteiger partial charge in [0.15, 0.2) is 0 Å². The summed E-state index contributed by atoms with van der Waals surface area (Å²) < 4.78 is 43.9. The van der Waals surface area contributed by atoms with Crippen LogP contribution in [0.3, 0.4) is 0 Å². The Morgan fingerprint density at radius 1 is 1.06 bits per heavy atom. The molecular formula is C22H22F3N5O2. The highest BCUT2D eigenvalue weighted by molar-refractivity contribution is 5.76. The molecule has 10 heteroatoms. The van der Waals surface area contributed by atoms with Crippen molar-refractivity contribution < 1.29 is 22.5 Å². The van der Waals surface area contributed by atoms with Gasteiger partial charge in [0, 0.05) is 63.5 Å². The number of hydrogen-bond acceptors (Lipinski definition) is 6. The van der Waals surface area contributed by atoms with E-state index in [1.54, 1.807) is 35.5 Å². The second kappa shape index (κ2) is 9.47. The van der Waals surface area contributed by atoms with Crippen LogP contribution >= 0.6 is 0 Å². The topological polar surface area (TPSA) is 75.4 Å². The predicted octanol–water partition coefficient (Wildman–Crippen LogP) is 3.43. The zero-order valence-corrected chi connectivity index (χ0v) is 17.3. The maximum atomic E-state index is 12.9. The zero-order chi connectivity index (χ0) is 22.6. The first kappa shape index (κ1) is 21.9. The van der Waals surface area contributed by atoms with Gasteiger partial charge in [0.25, 0.3) is 0 Å². The second-order valence-corrected chi connectivity index (χ2v) is 7.60. The van der Waals surface area contributed by atoms with Gasteiger partial charge in [0.1, 0.15) is 0 Å². The molecular weight excluding hydrogens is 423 g/mol. The molecule has 4 rings (SSSR count). The molecule has 1 amide bonds. The summed E-state index contributed by atoms with van der Waals surface area (Å²) in [5, 5.41) is 3.93. The van der Waals surface area contributed by atoms with E-state index in [2.05, 4.69) is 20.0 Å². The van der Waals surface area contributed by atoms with Gasteiger partial charge < -0.3 is 9.42 Å². The highest BCUT2D eigenvalue weighted by atomic mass is 19.4. The molecule has 0 bridgehead atoms. The summed E-state index contributed by atoms with van der Waals surface area (Å²) in [6.07, 6.45) is -0.464. The molecule has 1 aromatic carbocycles. The number of alkyl halides is 3. The second-order valence-electron chi connectivity index (χ2n) is 7.60. The highest BCUT2D eigenvalue weighted by Gasteiger charge is 2.30. The molecule has 1 aliphatic rings. The molecule has 2 aromatic heterocycles. The molecule has 1 saturated heterocycles. The third-order valence-electron chi connectivity index (χ3n) is 5.34. The van der Waals surface area contributed by atoms with E-state index in [0.29, 0.717) is 56.4 Å². The largest absolute Gasteiger partial charge is 0.416 e. The summed E-state index contributed by atoms with van der Waals surface area (Å²) in [5.41, 5.74) is 0.760. The molecule has 0 radical (unpaired) electrons. The van der Waals surface area contributed by atoms with E-state index in [-0.39, 0.29) is 12.3 Å². The van der Waals surface area contributed by atoms with E-state index in [1.165, 1.54) is 12.1 Å². The van der Waals surface area contributed by atoms with Crippen molar-refractivity contribution in [2.75, 3.05) is 26.2 Å². The molecule has 7 nitrogen and oxygen atoms in total. The van der Waals surface area contributed by atoms with Gasteiger partial charge >= 0.3 is 6.18 Å². The van der Waals surface area contributed by atoms with Crippen LogP contribution in [0.1, 0.15) is 23.4 Å². The molecule has 168 valence electrons. The lowest BCUT2D eigenvalue weighted by Gasteiger charge is -2.34. The summed E-state index contributed by atoms with van der Waals surface area (Å²) >= 11 is 0. The SMILES string of the molecule is O=C(CCc1nc(-c2ccncc2)no1)N1CCN(Cc2cccc(C(F)(F)F)c2)CC1. The average molecular weight is 445 g/mol. The number of piperazine rings is 1. The Bertz CT molecular complexity index is 1050. The highest BCUT2D eigenvalue weighted by Crippen LogP contribution is 2.29. The van der Waals surface area contributed by atoms with Crippen LogP contribution in [-0.4, -0.2) is 57.0 Å². The normalized spacial score (nSPS) is 15.2. The molecule has 0 N–H and O–H groups in total. The smallest absolute Gasteiger partial charge is 0.340 e. The molecule has 0 spiro atoms. The quantitative estimate of drug-likeness (QED) is 0.579. The van der Waals surface area contributed by atoms with Crippen molar-refractivity contribution in [2.45, 2.75) is 25.6 Å². The number of aryl methyl sites for hydroxylation is 1. The molecule has 1 fully saturated rings. The van der Waals surface area contributed by atoms with Crippen LogP contribution < -0.4 is 0 Å². The number of carbonyl (C=O) groups is 1. The Morgan fingerprint density at radius 2 is 1.81 bits per heavy atom. The van der Waals surface area contributed by atoms with E-state index in [4.69, 9.17) is 4.52 Å². The third-order valence-corrected chi connectivity index (χ3v) is 5.34. The van der Waals surface area contributed by atoms with E-state index in [0.717, 1.165) is 11.6 Å². The number of hydrogen-bond donors (Lipinski definition) is 0. The lowest BCUT2D eigenvalue weighted by atomic mass is 10.1. The Labute approximate surface area is 182 Å². The van der Waals surface area contributed by atoms with Crippen LogP contribution in [0.4, 0.5) is 13.2 Å². The van der Waals surface area contributed by atoms with Crippen LogP contribution in [-0.2, 0) is 23.9 Å². The number of aromatic nitrogens is 3. The molecule has 0 aliphatic carbocycles. The minimum absolute atomic E-state index is 0.00706. The summed E-state index contributed by atoms with van der Waals surface area (Å²) in [4.78, 5) is 24.6. The van der Waals surface area contributed by atoms with Gasteiger partial charge in [-0.1, -0.05) is 23.4 Å². The summed E-state index contributed by atoms with van der Waals surface area (Å²) in [6, 6.07) is 8.93. The first-order valence-electron chi connectivity index (χ1n) is 10.3. The van der Waals surface area contributed by atoms with Gasteiger partial charge in [-0.15, -0.1) is 0 Å². The van der Waals surface area contributed by atoms with Crippen LogP contribution in [0.2, 0.25) is 0 Å². The number of amides is 1. The van der Waals surface area contributed by atoms with Crippen LogP contribution in [0.5, 0.6) is 0 Å². The van der Waals surface area contributed by atoms with Crippen molar-refractivity contribution in [1.29, 1.82) is 0 Å². The molecule has 0 saturated carbocycles. The Hall–Kier alpha value is -3.27. The van der Waals surface area contributed by atoms with Crippen molar-refractivity contribution in [3.05, 3.63) is 65.8 Å². The van der Waals surface area contributed by atoms with Crippen LogP contribution in [0.15, 0.2) is 53.3 Å². The first-order valence-corrected chi connectivity index (χ1v) is 10.3. The minimum Gasteiger partial charge on any atom is -0.340 e. The fourth-order valence-electron chi connectivity index (χ4n) is 3.61. The Balaban J connectivity index is 1.24. The van der Waals surface area contributed by atoms with Crippen LogP contribution in [0.25, 0.3) is 11.4 Å². The zero-order valence-electron chi connectivity index (χ0n) is 17.3. The maximum Gasteiger partial charge on any atom is 0.416 e. The van der Waals surface area contributed by atoms with Gasteiger partial charge in [-0.05, 0) is 23.8 Å². The molecule has 32 heavy (non-hydrogen) atoms. The van der Waals surface area contributed by atoms with Gasteiger partial charge in [0.2, 0.25) is 17.6 Å². The number of carbonyl (C=O) groups excluding carboxylic acids is 1. The molecule has 3 aromatic rings. The lowest BCUT2D eigenvalue weighted by molar-refractivity contribution is -0.137. The fourth-order valence-corrected chi connectivity index (χ4v) is 3.61. The third kappa shape index (κ3) is 5.50. The van der Waals surface area contributed by atoms with Crippen LogP contribution in [0, 0.1) is 0 Å². The standard InChI is InChI=1S/C22H22F3N5O2/c23-22(24,25)18-3-1-2-16(14-18)15-29-10-12-30(13-11-29)20(31)5-4-19-27-21(28-32-19)17-6-8-26-9-7-17/h1-3,6-9,14H,4-5,10-13,15H2. The monoisotopic (exact) mass is 445 g/mol. The van der Waals surface area contributed by atoms with Gasteiger partial charge in [-0.3, -0.25) is 14.7 Å². The summed E-state index contributed by atoms with van der Waals surface area (Å²) in [6.45, 7) is 2.70. The molecule has 1 aliphatic heterocycles. The molecule has 0 unspecified atom stereocenters. The Kier molecular flexibility index (Phi) is 6.50. The van der Waals surface area contributed by atoms with Crippen molar-refractivity contribution in [2.24, 2.45) is 0 Å². The van der Waals surface area contributed by atoms with E-state index in [1.807, 2.05) is 0 Å². The van der Waals surface area contributed by atoms with Gasteiger partial charge in [-0.2, -0.15) is 18.2 Å². The van der Waals surface area contributed by atoms with E-state index in [9.17, 15) is 18.0 Å². The van der Waals surface area contributed by atoms with E-state index < -0.39 is 11.7 Å². The number of rotatable bonds is 6. The van der Waals surface area contributed by atoms with Crippen molar-refractivity contribution in [3.8, 4) is 11.4 Å². The predicted molar refractivity (Wildman–Crippen MR) is 109 cm³/mol. The maximum absolute atomic E-state index is 12.9. The van der Waals surface area contributed by atoms with Gasteiger partial charge in [-0.25, -0.2) is 0 Å². The number of benzene rings is 1. The fraction of sp³-hybridized carbons (Fsp3) is 0.364. The minimum atomic E-state index is -4.35. The molecule has 3 heterocycles. The average Bonchev–Trinajstić information content (AvgIpc) is 3.27. The van der Waals surface area contributed by atoms with Crippen molar-refractivity contribution >= 4 is 5.91 Å². The number of halogens is 3. The summed E-state index contributed by atoms with van der Waals surface area (Å²) in [7, 11) is 0. The van der Waals surface area contributed by atoms with Gasteiger partial charge in [0.05, 0.1) is 5.56 Å². The van der Waals surface area contributed by atoms with Crippen molar-refractivity contribution in [3.63, 3.8) is 0 Å². The number of pyridine rings is 1. The Morgan fingerprint density at radius 3 is 2.53 bits per heavy atom. The lowest BCUT2D eigenvalue weighted by Crippen LogP contribution is -2.48.